The number of aryl methyl sites for hydroxylation is 2. The van der Waals surface area contributed by atoms with Crippen LogP contribution in [0.2, 0.25) is 0 Å². The molecule has 0 amide bonds. The molecule has 140 valence electrons. The van der Waals surface area contributed by atoms with Gasteiger partial charge in [-0.25, -0.2) is 14.1 Å². The van der Waals surface area contributed by atoms with Crippen LogP contribution in [0, 0.1) is 35.4 Å². The number of hydrogen-bond donors (Lipinski definition) is 2. The third-order valence-electron chi connectivity index (χ3n) is 4.28. The number of nitrogens with zero attached hydrogens (tertiary/aromatic N) is 5. The molecule has 28 heavy (non-hydrogen) atoms. The molecule has 0 aliphatic rings. The Morgan fingerprint density at radius 2 is 1.89 bits per heavy atom. The lowest BCUT2D eigenvalue weighted by Crippen LogP contribution is -2.06. The molecule has 3 rings (SSSR count). The van der Waals surface area contributed by atoms with Crippen LogP contribution in [0.15, 0.2) is 36.4 Å². The highest BCUT2D eigenvalue weighted by atomic mass is 19.1. The number of benzene rings is 1. The Morgan fingerprint density at radius 3 is 2.57 bits per heavy atom. The Balaban J connectivity index is 1.68. The minimum Gasteiger partial charge on any atom is -0.382 e. The molecular weight excluding hydrogens is 357 g/mol. The first-order chi connectivity index (χ1) is 13.5. The molecule has 0 radical (unpaired) electrons. The zero-order valence-electron chi connectivity index (χ0n) is 15.3. The van der Waals surface area contributed by atoms with Gasteiger partial charge in [0, 0.05) is 6.54 Å². The second-order valence-electron chi connectivity index (χ2n) is 6.21. The second kappa shape index (κ2) is 8.19. The minimum atomic E-state index is -0.356. The summed E-state index contributed by atoms with van der Waals surface area (Å²) in [5.74, 6) is 0.500. The van der Waals surface area contributed by atoms with E-state index in [1.165, 1.54) is 16.8 Å². The number of nitrogens with two attached hydrogens (primary N) is 1. The Hall–Kier alpha value is -3.91. The maximum absolute atomic E-state index is 13.1. The van der Waals surface area contributed by atoms with E-state index in [4.69, 9.17) is 11.0 Å². The maximum atomic E-state index is 13.1. The first-order valence-corrected chi connectivity index (χ1v) is 8.68. The monoisotopic (exact) mass is 375 g/mol. The summed E-state index contributed by atoms with van der Waals surface area (Å²) in [6, 6.07) is 13.6. The van der Waals surface area contributed by atoms with Crippen LogP contribution >= 0.6 is 0 Å². The van der Waals surface area contributed by atoms with Crippen LogP contribution in [0.3, 0.4) is 0 Å². The number of nitrogens with one attached hydrogen (secondary N) is 1. The SMILES string of the molecule is Cc1ccc(NCCCc2nn(-c3ccc(F)cc3)c(N)c2C#N)nc1C#N. The van der Waals surface area contributed by atoms with Crippen LogP contribution in [-0.2, 0) is 6.42 Å². The van der Waals surface area contributed by atoms with Gasteiger partial charge >= 0.3 is 0 Å². The lowest BCUT2D eigenvalue weighted by molar-refractivity contribution is 0.627. The molecule has 2 aromatic heterocycles. The molecule has 0 atom stereocenters. The van der Waals surface area contributed by atoms with E-state index in [9.17, 15) is 9.65 Å². The number of aromatic nitrogens is 3. The molecule has 0 aliphatic heterocycles. The fraction of sp³-hybridized carbons (Fsp3) is 0.200. The summed E-state index contributed by atoms with van der Waals surface area (Å²) in [6.45, 7) is 2.43. The van der Waals surface area contributed by atoms with Crippen LogP contribution in [0.4, 0.5) is 16.0 Å². The van der Waals surface area contributed by atoms with Crippen molar-refractivity contribution in [3.05, 3.63) is 64.7 Å². The molecule has 0 spiro atoms. The van der Waals surface area contributed by atoms with E-state index in [-0.39, 0.29) is 11.6 Å². The van der Waals surface area contributed by atoms with Gasteiger partial charge in [0.05, 0.1) is 11.4 Å². The Kier molecular flexibility index (Phi) is 5.52. The third kappa shape index (κ3) is 3.92. The summed E-state index contributed by atoms with van der Waals surface area (Å²) in [5.41, 5.74) is 8.77. The maximum Gasteiger partial charge on any atom is 0.145 e. The molecule has 2 heterocycles. The van der Waals surface area contributed by atoms with Crippen LogP contribution in [0.1, 0.15) is 28.9 Å². The largest absolute Gasteiger partial charge is 0.382 e. The molecule has 1 aromatic carbocycles. The van der Waals surface area contributed by atoms with Crippen molar-refractivity contribution in [2.45, 2.75) is 19.8 Å². The number of nitriles is 2. The van der Waals surface area contributed by atoms with Gasteiger partial charge in [0.25, 0.3) is 0 Å². The summed E-state index contributed by atoms with van der Waals surface area (Å²) in [5, 5.41) is 26.1. The lowest BCUT2D eigenvalue weighted by atomic mass is 10.1. The molecular formula is C20H18FN7. The number of nitrogen functional groups attached to an aromatic ring is 1. The molecule has 0 saturated heterocycles. The average Bonchev–Trinajstić information content (AvgIpc) is 3.02. The van der Waals surface area contributed by atoms with Crippen molar-refractivity contribution in [2.24, 2.45) is 0 Å². The van der Waals surface area contributed by atoms with Gasteiger partial charge in [-0.05, 0) is 55.7 Å². The van der Waals surface area contributed by atoms with E-state index in [1.807, 2.05) is 19.1 Å². The molecule has 0 fully saturated rings. The highest BCUT2D eigenvalue weighted by molar-refractivity contribution is 5.56. The zero-order valence-corrected chi connectivity index (χ0v) is 15.3. The predicted molar refractivity (Wildman–Crippen MR) is 103 cm³/mol. The summed E-state index contributed by atoms with van der Waals surface area (Å²) >= 11 is 0. The van der Waals surface area contributed by atoms with Crippen molar-refractivity contribution in [1.82, 2.24) is 14.8 Å². The van der Waals surface area contributed by atoms with Crippen molar-refractivity contribution in [1.29, 1.82) is 10.5 Å². The van der Waals surface area contributed by atoms with Crippen LogP contribution in [-0.4, -0.2) is 21.3 Å². The summed E-state index contributed by atoms with van der Waals surface area (Å²) in [7, 11) is 0. The van der Waals surface area contributed by atoms with Crippen LogP contribution < -0.4 is 11.1 Å². The van der Waals surface area contributed by atoms with E-state index in [0.717, 1.165) is 5.56 Å². The van der Waals surface area contributed by atoms with Gasteiger partial charge in [0.1, 0.15) is 40.8 Å². The Labute approximate surface area is 161 Å². The Bertz CT molecular complexity index is 1070. The van der Waals surface area contributed by atoms with Crippen molar-refractivity contribution in [3.8, 4) is 17.8 Å². The minimum absolute atomic E-state index is 0.232. The van der Waals surface area contributed by atoms with Gasteiger partial charge in [0.2, 0.25) is 0 Å². The highest BCUT2D eigenvalue weighted by Gasteiger charge is 2.16. The molecule has 0 unspecified atom stereocenters. The lowest BCUT2D eigenvalue weighted by Gasteiger charge is -2.06. The zero-order chi connectivity index (χ0) is 20.1. The molecule has 3 aromatic rings. The van der Waals surface area contributed by atoms with Crippen LogP contribution in [0.25, 0.3) is 5.69 Å². The van der Waals surface area contributed by atoms with Gasteiger partial charge < -0.3 is 11.1 Å². The standard InChI is InChI=1S/C20H18FN7/c1-13-4-9-19(26-18(13)12-23)25-10-2-3-17-16(11-22)20(24)28(27-17)15-7-5-14(21)6-8-15/h4-9H,2-3,10,24H2,1H3,(H,25,26). The van der Waals surface area contributed by atoms with Gasteiger partial charge in [-0.3, -0.25) is 0 Å². The van der Waals surface area contributed by atoms with Crippen molar-refractivity contribution in [3.63, 3.8) is 0 Å². The second-order valence-corrected chi connectivity index (χ2v) is 6.21. The van der Waals surface area contributed by atoms with E-state index in [2.05, 4.69) is 27.5 Å². The van der Waals surface area contributed by atoms with E-state index >= 15 is 0 Å². The topological polar surface area (TPSA) is 116 Å². The summed E-state index contributed by atoms with van der Waals surface area (Å²) in [6.07, 6.45) is 1.22. The number of halogens is 1. The smallest absolute Gasteiger partial charge is 0.145 e. The number of rotatable bonds is 6. The molecule has 8 heteroatoms. The number of pyridine rings is 1. The van der Waals surface area contributed by atoms with Crippen molar-refractivity contribution in [2.75, 3.05) is 17.6 Å². The van der Waals surface area contributed by atoms with Crippen molar-refractivity contribution < 1.29 is 4.39 Å². The normalized spacial score (nSPS) is 10.3. The molecule has 0 saturated carbocycles. The number of anilines is 2. The van der Waals surface area contributed by atoms with E-state index in [0.29, 0.717) is 47.8 Å². The Morgan fingerprint density at radius 1 is 1.14 bits per heavy atom. The van der Waals surface area contributed by atoms with E-state index in [1.54, 1.807) is 12.1 Å². The third-order valence-corrected chi connectivity index (χ3v) is 4.28. The molecule has 3 N–H and O–H groups in total. The van der Waals surface area contributed by atoms with E-state index < -0.39 is 0 Å². The first-order valence-electron chi connectivity index (χ1n) is 8.68. The summed E-state index contributed by atoms with van der Waals surface area (Å²) < 4.78 is 14.6. The fourth-order valence-corrected chi connectivity index (χ4v) is 2.77. The summed E-state index contributed by atoms with van der Waals surface area (Å²) in [4.78, 5) is 4.24. The van der Waals surface area contributed by atoms with Gasteiger partial charge in [-0.15, -0.1) is 0 Å². The predicted octanol–water partition coefficient (Wildman–Crippen LogP) is 3.09. The van der Waals surface area contributed by atoms with Crippen LogP contribution in [0.5, 0.6) is 0 Å². The first kappa shape index (κ1) is 18.9. The van der Waals surface area contributed by atoms with Crippen molar-refractivity contribution >= 4 is 11.6 Å². The molecule has 7 nitrogen and oxygen atoms in total. The van der Waals surface area contributed by atoms with Gasteiger partial charge in [-0.1, -0.05) is 6.07 Å². The molecule has 0 bridgehead atoms. The quantitative estimate of drug-likeness (QED) is 0.640. The van der Waals surface area contributed by atoms with Gasteiger partial charge in [-0.2, -0.15) is 15.6 Å². The highest BCUT2D eigenvalue weighted by Crippen LogP contribution is 2.22. The fourth-order valence-electron chi connectivity index (χ4n) is 2.77. The molecule has 0 aliphatic carbocycles. The average molecular weight is 375 g/mol. The van der Waals surface area contributed by atoms with Gasteiger partial charge in [0.15, 0.2) is 0 Å². The number of hydrogen-bond acceptors (Lipinski definition) is 6.